The molecule has 9 heteroatoms. The van der Waals surface area contributed by atoms with Crippen molar-refractivity contribution < 1.29 is 39.8 Å². The largest absolute Gasteiger partial charge is 0.394 e. The number of amides is 1. The molecule has 0 aromatic heterocycles. The summed E-state index contributed by atoms with van der Waals surface area (Å²) in [6.07, 6.45) is 49.9. The maximum absolute atomic E-state index is 13.0. The fourth-order valence-corrected chi connectivity index (χ4v) is 9.34. The standard InChI is InChI=1S/C56H109NO8/c1-3-5-7-9-11-13-15-17-19-21-22-23-24-25-26-27-28-30-31-33-35-37-39-41-43-45-50(59)49(48-64-56-55(63)54(62)53(61)51(47-58)65-56)57-52(60)46-44-42-40-38-36-34-32-29-20-18-16-14-12-10-8-6-4-2/h43,45,49-51,53-56,58-59,61-63H,3-42,44,46-48H2,1-2H3,(H,57,60)/b45-43+. The minimum atomic E-state index is -1.56. The Morgan fingerprint density at radius 3 is 1.20 bits per heavy atom. The van der Waals surface area contributed by atoms with Crippen LogP contribution in [0, 0.1) is 0 Å². The Morgan fingerprint density at radius 1 is 0.508 bits per heavy atom. The zero-order chi connectivity index (χ0) is 47.3. The van der Waals surface area contributed by atoms with Gasteiger partial charge in [0.1, 0.15) is 24.4 Å². The maximum Gasteiger partial charge on any atom is 0.220 e. The number of unbranched alkanes of at least 4 members (excludes halogenated alkanes) is 39. The predicted molar refractivity (Wildman–Crippen MR) is 272 cm³/mol. The SMILES string of the molecule is CCCCCCCCCCCCCCCCCCCCCCCCC/C=C/C(O)C(COC1OC(CO)C(O)C(O)C1O)NC(=O)CCCCCCCCCCCCCCCCCCC. The maximum atomic E-state index is 13.0. The average molecular weight is 924 g/mol. The van der Waals surface area contributed by atoms with Gasteiger partial charge < -0.3 is 40.3 Å². The minimum Gasteiger partial charge on any atom is -0.394 e. The number of carbonyl (C=O) groups is 1. The quantitative estimate of drug-likeness (QED) is 0.0261. The molecule has 0 radical (unpaired) electrons. The van der Waals surface area contributed by atoms with Crippen molar-refractivity contribution >= 4 is 5.91 Å². The van der Waals surface area contributed by atoms with E-state index in [2.05, 4.69) is 19.2 Å². The van der Waals surface area contributed by atoms with E-state index in [9.17, 15) is 30.3 Å². The molecule has 1 aliphatic rings. The summed E-state index contributed by atoms with van der Waals surface area (Å²) in [4.78, 5) is 13.0. The monoisotopic (exact) mass is 924 g/mol. The molecule has 0 aromatic rings. The van der Waals surface area contributed by atoms with E-state index in [4.69, 9.17) is 9.47 Å². The Kier molecular flexibility index (Phi) is 44.5. The van der Waals surface area contributed by atoms with Crippen LogP contribution >= 0.6 is 0 Å². The van der Waals surface area contributed by atoms with Crippen molar-refractivity contribution in [1.29, 1.82) is 0 Å². The molecule has 0 aliphatic carbocycles. The molecule has 65 heavy (non-hydrogen) atoms. The topological polar surface area (TPSA) is 149 Å². The van der Waals surface area contributed by atoms with Crippen molar-refractivity contribution in [3.05, 3.63) is 12.2 Å². The second-order valence-electron chi connectivity index (χ2n) is 20.1. The molecular weight excluding hydrogens is 815 g/mol. The summed E-state index contributed by atoms with van der Waals surface area (Å²) < 4.78 is 11.3. The number of aliphatic hydroxyl groups is 5. The van der Waals surface area contributed by atoms with Gasteiger partial charge in [0.25, 0.3) is 0 Å². The van der Waals surface area contributed by atoms with Crippen molar-refractivity contribution in [3.63, 3.8) is 0 Å². The van der Waals surface area contributed by atoms with Gasteiger partial charge in [0.05, 0.1) is 25.4 Å². The third-order valence-corrected chi connectivity index (χ3v) is 13.9. The van der Waals surface area contributed by atoms with Crippen LogP contribution in [-0.4, -0.2) is 87.5 Å². The summed E-state index contributed by atoms with van der Waals surface area (Å²) in [5.41, 5.74) is 0. The van der Waals surface area contributed by atoms with Gasteiger partial charge in [-0.15, -0.1) is 0 Å². The normalized spacial score (nSPS) is 19.9. The fraction of sp³-hybridized carbons (Fsp3) is 0.946. The fourth-order valence-electron chi connectivity index (χ4n) is 9.34. The Balaban J connectivity index is 2.22. The highest BCUT2D eigenvalue weighted by molar-refractivity contribution is 5.76. The molecule has 386 valence electrons. The van der Waals surface area contributed by atoms with E-state index < -0.39 is 49.5 Å². The molecule has 1 amide bonds. The van der Waals surface area contributed by atoms with E-state index in [1.54, 1.807) is 6.08 Å². The molecule has 1 rings (SSSR count). The first-order valence-corrected chi connectivity index (χ1v) is 28.4. The molecule has 1 aliphatic heterocycles. The number of hydrogen-bond acceptors (Lipinski definition) is 8. The van der Waals surface area contributed by atoms with Crippen molar-refractivity contribution in [2.45, 2.75) is 326 Å². The van der Waals surface area contributed by atoms with E-state index in [-0.39, 0.29) is 12.5 Å². The lowest BCUT2D eigenvalue weighted by Crippen LogP contribution is -2.60. The lowest BCUT2D eigenvalue weighted by molar-refractivity contribution is -0.302. The molecule has 0 bridgehead atoms. The van der Waals surface area contributed by atoms with Crippen LogP contribution in [0.1, 0.15) is 284 Å². The number of ether oxygens (including phenoxy) is 2. The smallest absolute Gasteiger partial charge is 0.220 e. The molecule has 7 atom stereocenters. The van der Waals surface area contributed by atoms with Crippen LogP contribution < -0.4 is 5.32 Å². The molecule has 1 saturated heterocycles. The van der Waals surface area contributed by atoms with Gasteiger partial charge in [0.2, 0.25) is 5.91 Å². The molecule has 0 aromatic carbocycles. The van der Waals surface area contributed by atoms with E-state index in [0.29, 0.717) is 6.42 Å². The Hall–Kier alpha value is -1.07. The summed E-state index contributed by atoms with van der Waals surface area (Å²) in [7, 11) is 0. The first-order valence-electron chi connectivity index (χ1n) is 28.4. The summed E-state index contributed by atoms with van der Waals surface area (Å²) in [5, 5.41) is 54.5. The molecule has 6 N–H and O–H groups in total. The Labute approximate surface area is 401 Å². The number of aliphatic hydroxyl groups excluding tert-OH is 5. The van der Waals surface area contributed by atoms with Gasteiger partial charge in [0, 0.05) is 6.42 Å². The summed E-state index contributed by atoms with van der Waals surface area (Å²) >= 11 is 0. The van der Waals surface area contributed by atoms with Crippen LogP contribution in [0.25, 0.3) is 0 Å². The van der Waals surface area contributed by atoms with Crippen molar-refractivity contribution in [1.82, 2.24) is 5.32 Å². The Morgan fingerprint density at radius 2 is 0.846 bits per heavy atom. The predicted octanol–water partition coefficient (Wildman–Crippen LogP) is 13.6. The average Bonchev–Trinajstić information content (AvgIpc) is 3.31. The summed E-state index contributed by atoms with van der Waals surface area (Å²) in [6.45, 7) is 3.82. The van der Waals surface area contributed by atoms with Crippen LogP contribution in [0.4, 0.5) is 0 Å². The number of hydrogen-bond donors (Lipinski definition) is 6. The molecule has 1 heterocycles. The second-order valence-corrected chi connectivity index (χ2v) is 20.1. The van der Waals surface area contributed by atoms with E-state index in [1.807, 2.05) is 6.08 Å². The number of carbonyl (C=O) groups excluding carboxylic acids is 1. The van der Waals surface area contributed by atoms with Gasteiger partial charge in [-0.1, -0.05) is 270 Å². The van der Waals surface area contributed by atoms with E-state index in [0.717, 1.165) is 38.5 Å². The second kappa shape index (κ2) is 46.6. The highest BCUT2D eigenvalue weighted by Gasteiger charge is 2.44. The van der Waals surface area contributed by atoms with Crippen molar-refractivity contribution in [2.24, 2.45) is 0 Å². The minimum absolute atomic E-state index is 0.171. The van der Waals surface area contributed by atoms with Gasteiger partial charge in [-0.25, -0.2) is 0 Å². The molecule has 9 nitrogen and oxygen atoms in total. The molecule has 7 unspecified atom stereocenters. The highest BCUT2D eigenvalue weighted by Crippen LogP contribution is 2.23. The lowest BCUT2D eigenvalue weighted by atomic mass is 9.99. The molecule has 1 fully saturated rings. The third-order valence-electron chi connectivity index (χ3n) is 13.9. The molecular formula is C56H109NO8. The zero-order valence-electron chi connectivity index (χ0n) is 42.8. The first-order chi connectivity index (χ1) is 31.8. The van der Waals surface area contributed by atoms with Crippen LogP contribution in [0.2, 0.25) is 0 Å². The lowest BCUT2D eigenvalue weighted by Gasteiger charge is -2.40. The van der Waals surface area contributed by atoms with Gasteiger partial charge in [0.15, 0.2) is 6.29 Å². The van der Waals surface area contributed by atoms with Crippen molar-refractivity contribution in [2.75, 3.05) is 13.2 Å². The van der Waals surface area contributed by atoms with Crippen LogP contribution in [0.3, 0.4) is 0 Å². The summed E-state index contributed by atoms with van der Waals surface area (Å²) in [6, 6.07) is -0.800. The number of rotatable bonds is 49. The van der Waals surface area contributed by atoms with Gasteiger partial charge in [-0.3, -0.25) is 4.79 Å². The molecule has 0 saturated carbocycles. The van der Waals surface area contributed by atoms with Gasteiger partial charge >= 0.3 is 0 Å². The number of nitrogens with one attached hydrogen (secondary N) is 1. The van der Waals surface area contributed by atoms with Crippen LogP contribution in [0.5, 0.6) is 0 Å². The van der Waals surface area contributed by atoms with Crippen LogP contribution in [-0.2, 0) is 14.3 Å². The van der Waals surface area contributed by atoms with E-state index in [1.165, 1.54) is 225 Å². The van der Waals surface area contributed by atoms with E-state index >= 15 is 0 Å². The van der Waals surface area contributed by atoms with Gasteiger partial charge in [-0.05, 0) is 19.3 Å². The first kappa shape index (κ1) is 61.9. The summed E-state index contributed by atoms with van der Waals surface area (Å²) in [5.74, 6) is -0.171. The third kappa shape index (κ3) is 36.6. The highest BCUT2D eigenvalue weighted by atomic mass is 16.7. The van der Waals surface area contributed by atoms with Crippen molar-refractivity contribution in [3.8, 4) is 0 Å². The molecule has 0 spiro atoms. The Bertz CT molecular complexity index is 1030. The van der Waals surface area contributed by atoms with Crippen LogP contribution in [0.15, 0.2) is 12.2 Å². The number of allylic oxidation sites excluding steroid dienone is 1. The zero-order valence-corrected chi connectivity index (χ0v) is 42.8. The van der Waals surface area contributed by atoms with Gasteiger partial charge in [-0.2, -0.15) is 0 Å².